The second kappa shape index (κ2) is 9.50. The Hall–Kier alpha value is -3.68. The number of nitrogens with zero attached hydrogens (tertiary/aromatic N) is 2. The lowest BCUT2D eigenvalue weighted by atomic mass is 10.2. The van der Waals surface area contributed by atoms with Crippen molar-refractivity contribution in [1.29, 1.82) is 0 Å². The number of ether oxygens (including phenoxy) is 2. The average molecular weight is 397 g/mol. The van der Waals surface area contributed by atoms with E-state index in [0.29, 0.717) is 18.9 Å². The van der Waals surface area contributed by atoms with Gasteiger partial charge in [0.05, 0.1) is 12.2 Å². The van der Waals surface area contributed by atoms with Crippen molar-refractivity contribution in [3.8, 4) is 11.5 Å². The molecule has 150 valence electrons. The number of benzene rings is 2. The van der Waals surface area contributed by atoms with Crippen LogP contribution in [0.15, 0.2) is 54.7 Å². The van der Waals surface area contributed by atoms with E-state index in [9.17, 15) is 14.3 Å². The highest BCUT2D eigenvalue weighted by Gasteiger charge is 2.14. The van der Waals surface area contributed by atoms with Crippen LogP contribution < -0.4 is 14.8 Å². The fourth-order valence-electron chi connectivity index (χ4n) is 2.52. The molecule has 0 saturated carbocycles. The van der Waals surface area contributed by atoms with Gasteiger partial charge in [0.15, 0.2) is 0 Å². The molecule has 0 aliphatic carbocycles. The summed E-state index contributed by atoms with van der Waals surface area (Å²) in [5.74, 6) is -0.0735. The first-order chi connectivity index (χ1) is 14.0. The van der Waals surface area contributed by atoms with E-state index < -0.39 is 5.97 Å². The Morgan fingerprint density at radius 2 is 1.90 bits per heavy atom. The second-order valence-electron chi connectivity index (χ2n) is 6.14. The Balaban J connectivity index is 1.60. The molecule has 0 atom stereocenters. The number of anilines is 1. The van der Waals surface area contributed by atoms with E-state index in [1.165, 1.54) is 30.5 Å². The van der Waals surface area contributed by atoms with E-state index in [1.54, 1.807) is 0 Å². The van der Waals surface area contributed by atoms with Gasteiger partial charge in [0.1, 0.15) is 36.1 Å². The van der Waals surface area contributed by atoms with E-state index in [0.717, 1.165) is 11.3 Å². The van der Waals surface area contributed by atoms with Crippen molar-refractivity contribution < 1.29 is 23.8 Å². The largest absolute Gasteiger partial charge is 0.491 e. The molecule has 0 saturated heterocycles. The predicted octanol–water partition coefficient (Wildman–Crippen LogP) is 3.69. The van der Waals surface area contributed by atoms with Crippen molar-refractivity contribution in [3.63, 3.8) is 0 Å². The quantitative estimate of drug-likeness (QED) is 0.532. The van der Waals surface area contributed by atoms with Gasteiger partial charge in [-0.25, -0.2) is 19.2 Å². The third-order valence-corrected chi connectivity index (χ3v) is 4.02. The zero-order valence-electron chi connectivity index (χ0n) is 15.8. The first-order valence-electron chi connectivity index (χ1n) is 8.93. The predicted molar refractivity (Wildman–Crippen MR) is 105 cm³/mol. The van der Waals surface area contributed by atoms with E-state index in [2.05, 4.69) is 15.3 Å². The normalized spacial score (nSPS) is 10.4. The lowest BCUT2D eigenvalue weighted by Crippen LogP contribution is -2.16. The first-order valence-corrected chi connectivity index (χ1v) is 8.93. The number of carbonyl (C=O) groups is 1. The Labute approximate surface area is 167 Å². The van der Waals surface area contributed by atoms with Crippen molar-refractivity contribution in [2.45, 2.75) is 13.5 Å². The van der Waals surface area contributed by atoms with Crippen LogP contribution in [0.2, 0.25) is 0 Å². The smallest absolute Gasteiger partial charge is 0.339 e. The van der Waals surface area contributed by atoms with Gasteiger partial charge in [-0.1, -0.05) is 18.2 Å². The summed E-state index contributed by atoms with van der Waals surface area (Å²) >= 11 is 0. The molecule has 0 amide bonds. The summed E-state index contributed by atoms with van der Waals surface area (Å²) in [6, 6.07) is 13.1. The number of halogens is 1. The van der Waals surface area contributed by atoms with Crippen LogP contribution in [0.1, 0.15) is 21.6 Å². The van der Waals surface area contributed by atoms with Crippen molar-refractivity contribution in [3.05, 3.63) is 77.4 Å². The third-order valence-electron chi connectivity index (χ3n) is 4.02. The minimum Gasteiger partial charge on any atom is -0.491 e. The molecule has 0 unspecified atom stereocenters. The van der Waals surface area contributed by atoms with E-state index >= 15 is 0 Å². The molecule has 0 bridgehead atoms. The summed E-state index contributed by atoms with van der Waals surface area (Å²) in [6.07, 6.45) is 1.23. The summed E-state index contributed by atoms with van der Waals surface area (Å²) in [5.41, 5.74) is 1.18. The number of rotatable bonds is 9. The van der Waals surface area contributed by atoms with Crippen molar-refractivity contribution >= 4 is 11.9 Å². The van der Waals surface area contributed by atoms with E-state index in [1.807, 2.05) is 31.2 Å². The van der Waals surface area contributed by atoms with Gasteiger partial charge in [0.25, 0.3) is 0 Å². The number of aromatic carboxylic acids is 1. The average Bonchev–Trinajstić information content (AvgIpc) is 2.72. The number of aryl methyl sites for hydroxylation is 1. The highest BCUT2D eigenvalue weighted by atomic mass is 19.1. The molecule has 0 spiro atoms. The van der Waals surface area contributed by atoms with Crippen LogP contribution in [0.5, 0.6) is 11.5 Å². The number of carboxylic acid groups (broad SMARTS) is 1. The molecular weight excluding hydrogens is 377 g/mol. The van der Waals surface area contributed by atoms with Gasteiger partial charge >= 0.3 is 5.97 Å². The van der Waals surface area contributed by atoms with E-state index in [4.69, 9.17) is 9.47 Å². The van der Waals surface area contributed by atoms with E-state index in [-0.39, 0.29) is 29.6 Å². The maximum atomic E-state index is 13.0. The van der Waals surface area contributed by atoms with Gasteiger partial charge in [0.2, 0.25) is 5.95 Å². The molecule has 2 aromatic carbocycles. The number of hydrogen-bond donors (Lipinski definition) is 2. The van der Waals surface area contributed by atoms with Crippen LogP contribution in [0.3, 0.4) is 0 Å². The topological polar surface area (TPSA) is 93.6 Å². The van der Waals surface area contributed by atoms with Gasteiger partial charge < -0.3 is 19.9 Å². The van der Waals surface area contributed by atoms with Crippen LogP contribution in [-0.2, 0) is 6.61 Å². The number of nitrogens with one attached hydrogen (secondary N) is 1. The van der Waals surface area contributed by atoms with Gasteiger partial charge in [-0.15, -0.1) is 0 Å². The number of hydrogen-bond acceptors (Lipinski definition) is 6. The highest BCUT2D eigenvalue weighted by Crippen LogP contribution is 2.17. The molecular formula is C21H20FN3O4. The molecule has 3 aromatic rings. The Bertz CT molecular complexity index is 980. The van der Waals surface area contributed by atoms with Crippen LogP contribution >= 0.6 is 0 Å². The minimum absolute atomic E-state index is 0.0613. The molecule has 8 heteroatoms. The second-order valence-corrected chi connectivity index (χ2v) is 6.14. The molecule has 0 aliphatic heterocycles. The van der Waals surface area contributed by atoms with Crippen LogP contribution in [-0.4, -0.2) is 34.2 Å². The van der Waals surface area contributed by atoms with Gasteiger partial charge in [-0.2, -0.15) is 0 Å². The summed E-state index contributed by atoms with van der Waals surface area (Å²) in [7, 11) is 0. The highest BCUT2D eigenvalue weighted by molar-refractivity contribution is 5.88. The summed E-state index contributed by atoms with van der Waals surface area (Å²) in [6.45, 7) is 2.68. The Kier molecular flexibility index (Phi) is 6.57. The minimum atomic E-state index is -1.16. The maximum absolute atomic E-state index is 13.0. The summed E-state index contributed by atoms with van der Waals surface area (Å²) < 4.78 is 24.2. The standard InChI is InChI=1S/C21H20FN3O4/c1-14-4-2-3-5-19(14)28-11-10-23-21-24-12-17(20(26)27)18(25-21)13-29-16-8-6-15(22)7-9-16/h2-9,12H,10-11,13H2,1H3,(H,26,27)(H,23,24,25). The number of carboxylic acids is 1. The number of para-hydroxylation sites is 1. The molecule has 3 rings (SSSR count). The number of aromatic nitrogens is 2. The Morgan fingerprint density at radius 1 is 1.14 bits per heavy atom. The van der Waals surface area contributed by atoms with Crippen LogP contribution in [0, 0.1) is 12.7 Å². The Morgan fingerprint density at radius 3 is 2.62 bits per heavy atom. The zero-order chi connectivity index (χ0) is 20.6. The van der Waals surface area contributed by atoms with Crippen molar-refractivity contribution in [1.82, 2.24) is 9.97 Å². The lowest BCUT2D eigenvalue weighted by Gasteiger charge is -2.12. The molecule has 0 fully saturated rings. The molecule has 2 N–H and O–H groups in total. The van der Waals surface area contributed by atoms with Crippen molar-refractivity contribution in [2.24, 2.45) is 0 Å². The van der Waals surface area contributed by atoms with Crippen LogP contribution in [0.4, 0.5) is 10.3 Å². The monoisotopic (exact) mass is 397 g/mol. The SMILES string of the molecule is Cc1ccccc1OCCNc1ncc(C(=O)O)c(COc2ccc(F)cc2)n1. The van der Waals surface area contributed by atoms with Gasteiger partial charge in [0, 0.05) is 6.20 Å². The summed E-state index contributed by atoms with van der Waals surface area (Å²) in [5, 5.41) is 12.3. The molecule has 1 heterocycles. The van der Waals surface area contributed by atoms with Gasteiger partial charge in [-0.05, 0) is 42.8 Å². The van der Waals surface area contributed by atoms with Crippen LogP contribution in [0.25, 0.3) is 0 Å². The lowest BCUT2D eigenvalue weighted by molar-refractivity contribution is 0.0692. The first kappa shape index (κ1) is 20.1. The zero-order valence-corrected chi connectivity index (χ0v) is 15.8. The maximum Gasteiger partial charge on any atom is 0.339 e. The summed E-state index contributed by atoms with van der Waals surface area (Å²) in [4.78, 5) is 19.7. The molecule has 1 aromatic heterocycles. The molecule has 29 heavy (non-hydrogen) atoms. The molecule has 0 radical (unpaired) electrons. The molecule has 7 nitrogen and oxygen atoms in total. The fraction of sp³-hybridized carbons (Fsp3) is 0.190. The fourth-order valence-corrected chi connectivity index (χ4v) is 2.52. The van der Waals surface area contributed by atoms with Gasteiger partial charge in [-0.3, -0.25) is 0 Å². The third kappa shape index (κ3) is 5.65. The van der Waals surface area contributed by atoms with Crippen molar-refractivity contribution in [2.75, 3.05) is 18.5 Å². The molecule has 0 aliphatic rings.